The van der Waals surface area contributed by atoms with Gasteiger partial charge in [0.15, 0.2) is 11.0 Å². The van der Waals surface area contributed by atoms with Crippen molar-refractivity contribution < 1.29 is 48.8 Å². The molecular weight excluding hydrogens is 1920 g/mol. The molecule has 37 heteroatoms. The molecule has 7 heterocycles. The molecule has 142 heavy (non-hydrogen) atoms. The average molecular weight is 2040 g/mol. The van der Waals surface area contributed by atoms with Gasteiger partial charge in [0.25, 0.3) is 0 Å². The van der Waals surface area contributed by atoms with Gasteiger partial charge in [-0.3, -0.25) is 29.1 Å². The minimum absolute atomic E-state index is 0.00221. The summed E-state index contributed by atoms with van der Waals surface area (Å²) in [5.74, 6) is 0.834. The van der Waals surface area contributed by atoms with Gasteiger partial charge in [0.05, 0.1) is 43.5 Å². The van der Waals surface area contributed by atoms with Gasteiger partial charge in [-0.25, -0.2) is 0 Å². The number of unbranched alkanes of at least 4 members (excludes halogenated alkanes) is 3. The second kappa shape index (κ2) is 58.4. The average Bonchev–Trinajstić information content (AvgIpc) is 1.65. The molecule has 0 atom stereocenters. The number of carbonyl (C=O) groups excluding carboxylic acids is 4. The van der Waals surface area contributed by atoms with E-state index in [4.69, 9.17) is 42.0 Å². The van der Waals surface area contributed by atoms with Crippen LogP contribution >= 0.6 is 11.6 Å². The predicted molar refractivity (Wildman–Crippen MR) is 550 cm³/mol. The summed E-state index contributed by atoms with van der Waals surface area (Å²) in [4.78, 5) is 88.0. The maximum absolute atomic E-state index is 13.2. The number of tetrazole rings is 1. The molecule has 0 bridgehead atoms. The van der Waals surface area contributed by atoms with E-state index in [1.807, 2.05) is 255 Å². The molecule has 0 spiro atoms. The van der Waals surface area contributed by atoms with Gasteiger partial charge in [0.2, 0.25) is 23.0 Å². The van der Waals surface area contributed by atoms with Crippen molar-refractivity contribution in [2.45, 2.75) is 150 Å². The topological polar surface area (TPSA) is 444 Å². The number of aromatic nitrogens is 13. The zero-order valence-electron chi connectivity index (χ0n) is 79.8. The van der Waals surface area contributed by atoms with Crippen LogP contribution in [0.3, 0.4) is 0 Å². The van der Waals surface area contributed by atoms with E-state index in [0.717, 1.165) is 100 Å². The van der Waals surface area contributed by atoms with Crippen molar-refractivity contribution in [3.8, 4) is 12.1 Å². The van der Waals surface area contributed by atoms with Gasteiger partial charge in [-0.2, -0.15) is 15.7 Å². The number of carbonyl (C=O) groups is 4. The molecule has 0 saturated heterocycles. The number of nitriles is 2. The number of anilines is 4. The van der Waals surface area contributed by atoms with Crippen molar-refractivity contribution >= 4 is 125 Å². The van der Waals surface area contributed by atoms with Crippen LogP contribution in [0.25, 0.3) is 54.1 Å². The van der Waals surface area contributed by atoms with E-state index in [1.54, 1.807) is 59.1 Å². The van der Waals surface area contributed by atoms with E-state index in [2.05, 4.69) is 113 Å². The molecule has 17 rings (SSSR count). The van der Waals surface area contributed by atoms with Crippen LogP contribution in [0.1, 0.15) is 130 Å². The van der Waals surface area contributed by atoms with Crippen LogP contribution in [0.5, 0.6) is 0 Å². The van der Waals surface area contributed by atoms with Crippen LogP contribution in [0.4, 0.5) is 22.7 Å². The molecule has 0 aliphatic carbocycles. The Bertz CT molecular complexity index is 6740. The Morgan fingerprint density at radius 1 is 0.493 bits per heavy atom. The van der Waals surface area contributed by atoms with Gasteiger partial charge >= 0.3 is 111 Å². The summed E-state index contributed by atoms with van der Waals surface area (Å²) in [6, 6.07) is 89.7. The molecule has 0 unspecified atom stereocenters. The first kappa shape index (κ1) is 106. The Hall–Kier alpha value is -16.3. The number of pyridine rings is 1. The molecule has 0 radical (unpaired) electrons. The molecule has 0 saturated carbocycles. The number of hydrogen-bond acceptors (Lipinski definition) is 24. The van der Waals surface area contributed by atoms with E-state index >= 15 is 0 Å². The Morgan fingerprint density at radius 2 is 0.894 bits per heavy atom. The summed E-state index contributed by atoms with van der Waals surface area (Å²) in [6.07, 6.45) is 21.7. The SMILES string of the molecule is CCC[CH2][Sn]([CH2]CCC)([CH2]CCC)[N]=[N+]=[N-].CO.N#CCN(C(=O)CCc1ccccc1)c1ccc2c(cnn2OCc2ccccc2)c1.N#CCNc1ccc2c(cnn2OCc2ccccc2)c1.O=C(CCc1ccccc1)N(CC1=[N+]=NNN1)c1ccc2c(cnn2O)c1.O=C(CCc1ccccc1)N(Cc1nn[nH]n1)c1ccc2c(cnn2OCc2ccccc2)c1.O=C(Cl)CCc1cccnc1. The first-order valence-electron chi connectivity index (χ1n) is 46.8. The zero-order chi connectivity index (χ0) is 100. The van der Waals surface area contributed by atoms with Gasteiger partial charge in [0, 0.05) is 89.5 Å². The van der Waals surface area contributed by atoms with Crippen molar-refractivity contribution in [2.75, 3.05) is 46.8 Å². The van der Waals surface area contributed by atoms with Gasteiger partial charge in [-0.1, -0.05) is 213 Å². The minimum atomic E-state index is -2.45. The monoisotopic (exact) mass is 2040 g/mol. The van der Waals surface area contributed by atoms with E-state index in [-0.39, 0.29) is 49.1 Å². The number of aromatic amines is 1. The Labute approximate surface area is 832 Å². The van der Waals surface area contributed by atoms with Crippen molar-refractivity contribution in [1.82, 2.24) is 76.3 Å². The Morgan fingerprint density at radius 3 is 1.30 bits per heavy atom. The van der Waals surface area contributed by atoms with Crippen LogP contribution in [0.15, 0.2) is 313 Å². The molecular formula is C105H116ClN26O9Sn+. The van der Waals surface area contributed by atoms with Gasteiger partial charge in [0.1, 0.15) is 61.5 Å². The number of H-pyrrole nitrogens is 1. The van der Waals surface area contributed by atoms with Crippen molar-refractivity contribution in [2.24, 2.45) is 8.56 Å². The summed E-state index contributed by atoms with van der Waals surface area (Å²) in [7, 11) is 1.00. The van der Waals surface area contributed by atoms with E-state index < -0.39 is 18.7 Å². The second-order valence-corrected chi connectivity index (χ2v) is 44.8. The van der Waals surface area contributed by atoms with Crippen LogP contribution < -0.4 is 45.5 Å². The molecule has 1 aliphatic rings. The number of amidine groups is 1. The maximum Gasteiger partial charge on any atom is 0.368 e. The van der Waals surface area contributed by atoms with Gasteiger partial charge in [-0.15, -0.1) is 45.7 Å². The Kier molecular flexibility index (Phi) is 43.7. The van der Waals surface area contributed by atoms with Crippen molar-refractivity contribution in [3.63, 3.8) is 0 Å². The summed E-state index contributed by atoms with van der Waals surface area (Å²) >= 11 is 2.72. The molecule has 10 aromatic carbocycles. The fraction of sp³-hybridized carbons (Fsp3) is 0.267. The summed E-state index contributed by atoms with van der Waals surface area (Å²) in [5, 5.41) is 75.1. The number of nitrogens with one attached hydrogen (secondary N) is 4. The molecule has 3 amide bonds. The number of fused-ring (bicyclic) bond motifs is 4. The number of rotatable bonds is 41. The molecule has 1 aliphatic heterocycles. The van der Waals surface area contributed by atoms with Crippen LogP contribution in [0, 0.1) is 22.7 Å². The first-order valence-corrected chi connectivity index (χ1v) is 54.5. The predicted octanol–water partition coefficient (Wildman–Crippen LogP) is 18.5. The number of benzene rings is 10. The van der Waals surface area contributed by atoms with Crippen molar-refractivity contribution in [1.29, 1.82) is 10.5 Å². The molecule has 6 N–H and O–H groups in total. The number of aryl methyl sites for hydroxylation is 4. The van der Waals surface area contributed by atoms with E-state index in [0.29, 0.717) is 99.7 Å². The maximum atomic E-state index is 13.2. The number of amides is 3. The normalized spacial score (nSPS) is 10.9. The number of nitrogens with zero attached hydrogens (tertiary/aromatic N) is 22. The summed E-state index contributed by atoms with van der Waals surface area (Å²) in [6.45, 7) is 8.70. The molecule has 0 fully saturated rings. The number of aliphatic hydroxyl groups excluding tert-OH is 1. The van der Waals surface area contributed by atoms with E-state index in [9.17, 15) is 29.6 Å². The number of hydrogen-bond donors (Lipinski definition) is 6. The minimum Gasteiger partial charge on any atom is -0.411 e. The van der Waals surface area contributed by atoms with E-state index in [1.165, 1.54) is 71.3 Å². The van der Waals surface area contributed by atoms with Crippen LogP contribution in [-0.4, -0.2) is 155 Å². The van der Waals surface area contributed by atoms with Crippen LogP contribution in [0.2, 0.25) is 13.3 Å². The summed E-state index contributed by atoms with van der Waals surface area (Å²) in [5.41, 5.74) is 27.8. The second-order valence-electron chi connectivity index (χ2n) is 32.6. The van der Waals surface area contributed by atoms with Crippen molar-refractivity contribution in [3.05, 3.63) is 359 Å². The smallest absolute Gasteiger partial charge is 0.368 e. The molecule has 35 nitrogen and oxygen atoms in total. The Balaban J connectivity index is 0.000000167. The largest absolute Gasteiger partial charge is 0.411 e. The fourth-order valence-electron chi connectivity index (χ4n) is 15.1. The third-order valence-electron chi connectivity index (χ3n) is 22.5. The summed E-state index contributed by atoms with van der Waals surface area (Å²) < 4.78 is 8.18. The molecule has 6 aromatic heterocycles. The molecule has 16 aromatic rings. The quantitative estimate of drug-likeness (QED) is 0.00394. The third kappa shape index (κ3) is 33.8. The standard InChI is InChI=1S/C25H23N7O2.C25H22N4O2.C18H17N7O2.C16H14N4O.C8H8ClNO.3C4H9.CH4O.N3.Sn/c33-25(14-11-19-7-3-1-4-8-19)31(17-24-27-29-30-28-24)22-12-13-23-21(15-22)16-26-32(23)34-18-20-9-5-2-6-10-20;26-15-16-28(25(30)14-11-20-7-3-1-4-8-20)23-12-13-24-22(17-23)18-27-29(24)31-19-21-9-5-2-6-10-21;26-18(9-6-13-4-2-1-3-5-13)24(12-17-20-22-23-21-17)15-7-8-16-14(10-15)11-19-25(16)27;17-8-9-18-15-6-7-16-14(10-15)11-19-20(16)21-12-13-4-2-1-3-5-13;9-8(11)4-3-7-2-1-5-10-6-7;3*1-3-4-2;1-2;1-3-2;/h1-10,12-13,15-16H,11,14,17-18H2,(H,27,28,29,30);1-10,12-13,17-18H,11,14,16,19H2;1-5,7-8,10-11,27H,6,9,12H2,(H,20,21,22,23);1-7,10-11,18H,9,12H2;1-2,5-6H,3-4H2;3*1,3-4H2,2H3;2H,1H3;;/q;;;;;;;;;-1;+1/p+1. The fourth-order valence-corrected chi connectivity index (χ4v) is 27.4. The van der Waals surface area contributed by atoms with Gasteiger partial charge < -0.3 is 39.9 Å². The zero-order valence-corrected chi connectivity index (χ0v) is 83.4. The first-order chi connectivity index (χ1) is 69.6. The number of hydrazine groups is 1. The number of halogens is 1. The number of aliphatic hydroxyl groups is 1. The van der Waals surface area contributed by atoms with Crippen LogP contribution in [-0.2, 0) is 71.2 Å². The van der Waals surface area contributed by atoms with Gasteiger partial charge in [-0.05, 0) is 155 Å². The molecule has 730 valence electrons. The number of azide groups is 1. The third-order valence-corrected chi connectivity index (χ3v) is 35.2.